The molecule has 1 aliphatic rings. The molecule has 3 aromatic rings. The van der Waals surface area contributed by atoms with E-state index < -0.39 is 29.9 Å². The van der Waals surface area contributed by atoms with Gasteiger partial charge in [0.2, 0.25) is 0 Å². The molecule has 166 valence electrons. The van der Waals surface area contributed by atoms with E-state index in [1.54, 1.807) is 33.1 Å². The van der Waals surface area contributed by atoms with Crippen LogP contribution in [0.5, 0.6) is 0 Å². The molecule has 1 fully saturated rings. The summed E-state index contributed by atoms with van der Waals surface area (Å²) in [5.41, 5.74) is 1.83. The number of nitrogens with zero attached hydrogens (tertiary/aromatic N) is 1. The van der Waals surface area contributed by atoms with E-state index in [2.05, 4.69) is 0 Å². The minimum Gasteiger partial charge on any atom is -0.381 e. The highest BCUT2D eigenvalue weighted by molar-refractivity contribution is 8.14. The van der Waals surface area contributed by atoms with Crippen molar-refractivity contribution in [1.29, 1.82) is 0 Å². The van der Waals surface area contributed by atoms with Gasteiger partial charge in [-0.3, -0.25) is 0 Å². The van der Waals surface area contributed by atoms with E-state index in [0.717, 1.165) is 11.6 Å². The second kappa shape index (κ2) is 7.58. The highest BCUT2D eigenvalue weighted by Crippen LogP contribution is 2.45. The van der Waals surface area contributed by atoms with E-state index in [1.165, 1.54) is 18.2 Å². The summed E-state index contributed by atoms with van der Waals surface area (Å²) in [6, 6.07) is 8.27. The zero-order valence-electron chi connectivity index (χ0n) is 17.1. The Morgan fingerprint density at radius 2 is 1.68 bits per heavy atom. The van der Waals surface area contributed by atoms with E-state index in [-0.39, 0.29) is 27.8 Å². The first-order chi connectivity index (χ1) is 14.4. The average Bonchev–Trinajstić information content (AvgIpc) is 3.06. The highest BCUT2D eigenvalue weighted by Gasteiger charge is 2.36. The molecule has 2 aromatic carbocycles. The molecule has 1 saturated carbocycles. The van der Waals surface area contributed by atoms with Crippen molar-refractivity contribution in [3.05, 3.63) is 58.9 Å². The number of fused-ring (bicyclic) bond motifs is 1. The number of halogens is 2. The minimum absolute atomic E-state index is 0.00291. The first-order valence-electron chi connectivity index (χ1n) is 9.59. The Morgan fingerprint density at radius 3 is 2.23 bits per heavy atom. The lowest BCUT2D eigenvalue weighted by atomic mass is 9.75. The Morgan fingerprint density at radius 1 is 1.06 bits per heavy atom. The van der Waals surface area contributed by atoms with Gasteiger partial charge in [-0.2, -0.15) is 0 Å². The third kappa shape index (κ3) is 3.67. The van der Waals surface area contributed by atoms with E-state index >= 15 is 4.39 Å². The lowest BCUT2D eigenvalue weighted by Gasteiger charge is -2.35. The highest BCUT2D eigenvalue weighted by atomic mass is 35.7. The van der Waals surface area contributed by atoms with Gasteiger partial charge in [-0.05, 0) is 68.0 Å². The van der Waals surface area contributed by atoms with Crippen LogP contribution in [0.1, 0.15) is 35.4 Å². The Balaban J connectivity index is 2.06. The first-order valence-corrected chi connectivity index (χ1v) is 13.3. The van der Waals surface area contributed by atoms with Crippen molar-refractivity contribution in [1.82, 2.24) is 3.97 Å². The number of ether oxygens (including phenoxy) is 1. The lowest BCUT2D eigenvalue weighted by molar-refractivity contribution is 0.0260. The van der Waals surface area contributed by atoms with Gasteiger partial charge in [0.25, 0.3) is 19.1 Å². The number of hydrogen-bond acceptors (Lipinski definition) is 5. The molecule has 1 aromatic heterocycles. The zero-order chi connectivity index (χ0) is 22.7. The second-order valence-electron chi connectivity index (χ2n) is 7.88. The Hall–Kier alpha value is -1.94. The van der Waals surface area contributed by atoms with Crippen LogP contribution in [0.3, 0.4) is 0 Å². The smallest absolute Gasteiger partial charge is 0.277 e. The molecule has 0 bridgehead atoms. The van der Waals surface area contributed by atoms with Gasteiger partial charge in [-0.1, -0.05) is 17.7 Å². The average molecular weight is 486 g/mol. The molecule has 1 aliphatic carbocycles. The predicted molar refractivity (Wildman–Crippen MR) is 116 cm³/mol. The van der Waals surface area contributed by atoms with Crippen LogP contribution in [0.25, 0.3) is 10.9 Å². The molecule has 1 heterocycles. The fraction of sp³-hybridized carbons (Fsp3) is 0.333. The van der Waals surface area contributed by atoms with Gasteiger partial charge in [0.15, 0.2) is 5.03 Å². The first kappa shape index (κ1) is 22.3. The molecule has 6 nitrogen and oxygen atoms in total. The normalized spacial score (nSPS) is 19.5. The molecule has 0 radical (unpaired) electrons. The van der Waals surface area contributed by atoms with Crippen molar-refractivity contribution < 1.29 is 26.0 Å². The van der Waals surface area contributed by atoms with Crippen molar-refractivity contribution in [2.75, 3.05) is 7.11 Å². The molecule has 0 spiro atoms. The van der Waals surface area contributed by atoms with Crippen LogP contribution >= 0.6 is 10.7 Å². The molecule has 0 N–H and O–H groups in total. The van der Waals surface area contributed by atoms with Gasteiger partial charge in [0, 0.05) is 23.2 Å². The number of benzene rings is 2. The van der Waals surface area contributed by atoms with Crippen LogP contribution in [0.4, 0.5) is 4.39 Å². The summed E-state index contributed by atoms with van der Waals surface area (Å²) in [4.78, 5) is -0.165. The lowest BCUT2D eigenvalue weighted by Crippen LogP contribution is -2.29. The third-order valence-electron chi connectivity index (χ3n) is 5.86. The zero-order valence-corrected chi connectivity index (χ0v) is 19.5. The van der Waals surface area contributed by atoms with Crippen LogP contribution in [0, 0.1) is 19.7 Å². The van der Waals surface area contributed by atoms with Gasteiger partial charge < -0.3 is 4.74 Å². The molecule has 0 unspecified atom stereocenters. The van der Waals surface area contributed by atoms with Gasteiger partial charge in [-0.25, -0.2) is 25.2 Å². The summed E-state index contributed by atoms with van der Waals surface area (Å²) in [5, 5.41) is -0.454. The third-order valence-corrected chi connectivity index (χ3v) is 8.97. The van der Waals surface area contributed by atoms with Crippen LogP contribution in [0.2, 0.25) is 0 Å². The summed E-state index contributed by atoms with van der Waals surface area (Å²) in [6.45, 7) is 3.51. The van der Waals surface area contributed by atoms with E-state index in [1.807, 2.05) is 0 Å². The summed E-state index contributed by atoms with van der Waals surface area (Å²) in [5.74, 6) is -0.835. The van der Waals surface area contributed by atoms with Crippen molar-refractivity contribution in [3.63, 3.8) is 0 Å². The molecule has 0 saturated heterocycles. The van der Waals surface area contributed by atoms with Crippen molar-refractivity contribution >= 4 is 40.7 Å². The van der Waals surface area contributed by atoms with E-state index in [4.69, 9.17) is 15.4 Å². The number of aromatic nitrogens is 1. The fourth-order valence-corrected chi connectivity index (χ4v) is 7.22. The maximum atomic E-state index is 15.2. The second-order valence-corrected chi connectivity index (χ2v) is 12.2. The van der Waals surface area contributed by atoms with Crippen LogP contribution in [0.15, 0.2) is 46.3 Å². The maximum absolute atomic E-state index is 15.2. The topological polar surface area (TPSA) is 82.4 Å². The molecule has 4 rings (SSSR count). The summed E-state index contributed by atoms with van der Waals surface area (Å²) in [7, 11) is -1.73. The van der Waals surface area contributed by atoms with Gasteiger partial charge >= 0.3 is 0 Å². The van der Waals surface area contributed by atoms with E-state index in [0.29, 0.717) is 27.9 Å². The van der Waals surface area contributed by atoms with Crippen molar-refractivity contribution in [2.45, 2.75) is 48.6 Å². The van der Waals surface area contributed by atoms with Gasteiger partial charge in [0.05, 0.1) is 11.0 Å². The predicted octanol–water partition coefficient (Wildman–Crippen LogP) is 4.45. The molecule has 0 amide bonds. The molecular weight excluding hydrogens is 465 g/mol. The maximum Gasteiger partial charge on any atom is 0.277 e. The van der Waals surface area contributed by atoms with E-state index in [9.17, 15) is 16.8 Å². The summed E-state index contributed by atoms with van der Waals surface area (Å²) < 4.78 is 72.6. The molecule has 10 heteroatoms. The fourth-order valence-electron chi connectivity index (χ4n) is 4.21. The Labute approximate surface area is 185 Å². The van der Waals surface area contributed by atoms with Crippen molar-refractivity contribution in [3.8, 4) is 0 Å². The molecule has 0 aliphatic heterocycles. The summed E-state index contributed by atoms with van der Waals surface area (Å²) in [6.07, 6.45) is 1.41. The molecule has 31 heavy (non-hydrogen) atoms. The number of hydrogen-bond donors (Lipinski definition) is 0. The number of methoxy groups -OCH3 is 1. The van der Waals surface area contributed by atoms with Crippen molar-refractivity contribution in [2.24, 2.45) is 0 Å². The standard InChI is InChI=1S/C21H21ClFNO5S2/c1-12-4-6-16(7-5-12)31(27,28)24-19(30(22,25)26)11-17-20(14-9-15(10-14)29-3)13(2)8-18(23)21(17)24/h4-8,11,14-15H,9-10H2,1-3H3. The summed E-state index contributed by atoms with van der Waals surface area (Å²) >= 11 is 0. The minimum atomic E-state index is -4.51. The Bertz CT molecular complexity index is 1390. The van der Waals surface area contributed by atoms with Crippen LogP contribution in [-0.2, 0) is 23.8 Å². The quantitative estimate of drug-likeness (QED) is 0.498. The number of aryl methyl sites for hydroxylation is 2. The molecular formula is C21H21ClFNO5S2. The SMILES string of the molecule is COC1CC(c2c(C)cc(F)c3c2cc(S(=O)(=O)Cl)n3S(=O)(=O)c2ccc(C)cc2)C1. The van der Waals surface area contributed by atoms with Gasteiger partial charge in [0.1, 0.15) is 11.3 Å². The van der Waals surface area contributed by atoms with Gasteiger partial charge in [-0.15, -0.1) is 0 Å². The largest absolute Gasteiger partial charge is 0.381 e. The Kier molecular flexibility index (Phi) is 5.44. The van der Waals surface area contributed by atoms with Crippen LogP contribution in [-0.4, -0.2) is 34.0 Å². The monoisotopic (exact) mass is 485 g/mol. The van der Waals surface area contributed by atoms with Crippen LogP contribution < -0.4 is 0 Å². The molecule has 0 atom stereocenters. The number of rotatable bonds is 5.